The zero-order valence-electron chi connectivity index (χ0n) is 12.4. The van der Waals surface area contributed by atoms with E-state index in [0.29, 0.717) is 15.9 Å². The van der Waals surface area contributed by atoms with Crippen LogP contribution < -0.4 is 0 Å². The highest BCUT2D eigenvalue weighted by atomic mass is 35.5. The van der Waals surface area contributed by atoms with Gasteiger partial charge in [0.2, 0.25) is 5.82 Å². The van der Waals surface area contributed by atoms with Crippen LogP contribution in [0.2, 0.25) is 10.0 Å². The van der Waals surface area contributed by atoms with Crippen LogP contribution in [0.1, 0.15) is 11.5 Å². The first-order chi connectivity index (χ1) is 11.6. The topological polar surface area (TPSA) is 65.2 Å². The van der Waals surface area contributed by atoms with E-state index >= 15 is 0 Å². The second-order valence-electron chi connectivity index (χ2n) is 4.99. The van der Waals surface area contributed by atoms with Crippen LogP contribution in [0.5, 0.6) is 0 Å². The smallest absolute Gasteiger partial charge is 0.310 e. The molecule has 0 unspecified atom stereocenters. The summed E-state index contributed by atoms with van der Waals surface area (Å²) in [5.74, 6) is 0.218. The summed E-state index contributed by atoms with van der Waals surface area (Å²) >= 11 is 11.7. The Morgan fingerprint density at radius 1 is 1.08 bits per heavy atom. The third kappa shape index (κ3) is 4.34. The molecule has 0 saturated heterocycles. The molecule has 1 heterocycles. The monoisotopic (exact) mass is 362 g/mol. The molecule has 0 amide bonds. The summed E-state index contributed by atoms with van der Waals surface area (Å²) in [6.07, 6.45) is 0.145. The molecule has 0 spiro atoms. The number of carbonyl (C=O) groups excluding carboxylic acids is 1. The van der Waals surface area contributed by atoms with Crippen molar-refractivity contribution in [2.24, 2.45) is 0 Å². The van der Waals surface area contributed by atoms with Crippen molar-refractivity contribution in [1.82, 2.24) is 10.1 Å². The first-order valence-electron chi connectivity index (χ1n) is 7.09. The highest BCUT2D eigenvalue weighted by molar-refractivity contribution is 6.31. The van der Waals surface area contributed by atoms with E-state index in [-0.39, 0.29) is 24.9 Å². The molecule has 0 bridgehead atoms. The Kier molecular flexibility index (Phi) is 5.13. The number of hydrogen-bond acceptors (Lipinski definition) is 5. The lowest BCUT2D eigenvalue weighted by Gasteiger charge is -2.02. The minimum absolute atomic E-state index is 0.0833. The van der Waals surface area contributed by atoms with Gasteiger partial charge in [0.05, 0.1) is 6.42 Å². The first-order valence-corrected chi connectivity index (χ1v) is 7.84. The molecule has 2 aromatic carbocycles. The van der Waals surface area contributed by atoms with Crippen molar-refractivity contribution in [3.63, 3.8) is 0 Å². The number of halogens is 2. The Morgan fingerprint density at radius 2 is 1.88 bits per heavy atom. The summed E-state index contributed by atoms with van der Waals surface area (Å²) in [7, 11) is 0. The highest BCUT2D eigenvalue weighted by Crippen LogP contribution is 2.20. The van der Waals surface area contributed by atoms with Gasteiger partial charge in [-0.2, -0.15) is 4.98 Å². The lowest BCUT2D eigenvalue weighted by molar-refractivity contribution is -0.144. The van der Waals surface area contributed by atoms with Gasteiger partial charge in [-0.1, -0.05) is 52.6 Å². The van der Waals surface area contributed by atoms with Crippen molar-refractivity contribution in [3.8, 4) is 11.4 Å². The molecular formula is C17H12Cl2N2O3. The van der Waals surface area contributed by atoms with Gasteiger partial charge in [0.1, 0.15) is 0 Å². The quantitative estimate of drug-likeness (QED) is 0.632. The zero-order chi connectivity index (χ0) is 16.9. The number of ether oxygens (including phenoxy) is 1. The molecule has 0 aliphatic heterocycles. The minimum Gasteiger partial charge on any atom is -0.455 e. The first kappa shape index (κ1) is 16.5. The summed E-state index contributed by atoms with van der Waals surface area (Å²) in [5, 5.41) is 5.04. The van der Waals surface area contributed by atoms with Gasteiger partial charge in [-0.05, 0) is 29.8 Å². The molecule has 0 aliphatic rings. The van der Waals surface area contributed by atoms with Crippen LogP contribution in [-0.2, 0) is 22.6 Å². The van der Waals surface area contributed by atoms with Gasteiger partial charge >= 0.3 is 5.97 Å². The van der Waals surface area contributed by atoms with Gasteiger partial charge in [0, 0.05) is 15.6 Å². The van der Waals surface area contributed by atoms with Crippen molar-refractivity contribution >= 4 is 29.2 Å². The molecule has 7 heteroatoms. The van der Waals surface area contributed by atoms with Crippen LogP contribution in [0, 0.1) is 0 Å². The number of benzene rings is 2. The molecule has 122 valence electrons. The van der Waals surface area contributed by atoms with E-state index in [9.17, 15) is 4.79 Å². The maximum Gasteiger partial charge on any atom is 0.310 e. The van der Waals surface area contributed by atoms with Crippen LogP contribution in [0.4, 0.5) is 0 Å². The number of nitrogens with zero attached hydrogens (tertiary/aromatic N) is 2. The second-order valence-corrected chi connectivity index (χ2v) is 5.86. The van der Waals surface area contributed by atoms with Crippen molar-refractivity contribution < 1.29 is 14.1 Å². The molecule has 3 aromatic rings. The number of aromatic nitrogens is 2. The van der Waals surface area contributed by atoms with Gasteiger partial charge in [0.25, 0.3) is 5.89 Å². The molecule has 0 atom stereocenters. The van der Waals surface area contributed by atoms with Crippen LogP contribution in [0.15, 0.2) is 53.1 Å². The van der Waals surface area contributed by atoms with Gasteiger partial charge in [-0.15, -0.1) is 0 Å². The Balaban J connectivity index is 1.57. The van der Waals surface area contributed by atoms with Crippen LogP contribution in [0.25, 0.3) is 11.4 Å². The average Bonchev–Trinajstić information content (AvgIpc) is 3.04. The SMILES string of the molecule is O=C(Cc1ccc(Cl)cc1)OCc1nc(-c2cccc(Cl)c2)no1. The summed E-state index contributed by atoms with van der Waals surface area (Å²) < 4.78 is 10.2. The van der Waals surface area contributed by atoms with Crippen molar-refractivity contribution in [1.29, 1.82) is 0 Å². The van der Waals surface area contributed by atoms with Crippen LogP contribution in [0.3, 0.4) is 0 Å². The standard InChI is InChI=1S/C17H12Cl2N2O3/c18-13-6-4-11(5-7-13)8-16(22)23-10-15-20-17(21-24-15)12-2-1-3-14(19)9-12/h1-7,9H,8,10H2. The maximum absolute atomic E-state index is 11.8. The fourth-order valence-corrected chi connectivity index (χ4v) is 2.34. The summed E-state index contributed by atoms with van der Waals surface area (Å²) in [4.78, 5) is 16.0. The largest absolute Gasteiger partial charge is 0.455 e. The third-order valence-corrected chi connectivity index (χ3v) is 3.66. The van der Waals surface area contributed by atoms with Crippen LogP contribution in [-0.4, -0.2) is 16.1 Å². The van der Waals surface area contributed by atoms with Crippen molar-refractivity contribution in [3.05, 3.63) is 70.0 Å². The molecule has 0 fully saturated rings. The fraction of sp³-hybridized carbons (Fsp3) is 0.118. The third-order valence-electron chi connectivity index (χ3n) is 3.17. The molecule has 0 N–H and O–H groups in total. The average molecular weight is 363 g/mol. The Labute approximate surface area is 148 Å². The number of esters is 1. The second kappa shape index (κ2) is 7.47. The molecular weight excluding hydrogens is 351 g/mol. The van der Waals surface area contributed by atoms with E-state index in [1.54, 1.807) is 42.5 Å². The zero-order valence-corrected chi connectivity index (χ0v) is 13.9. The molecule has 0 radical (unpaired) electrons. The van der Waals surface area contributed by atoms with E-state index in [1.807, 2.05) is 6.07 Å². The number of rotatable bonds is 5. The van der Waals surface area contributed by atoms with Gasteiger partial charge in [0.15, 0.2) is 6.61 Å². The van der Waals surface area contributed by atoms with E-state index < -0.39 is 0 Å². The summed E-state index contributed by atoms with van der Waals surface area (Å²) in [5.41, 5.74) is 1.54. The molecule has 0 aliphatic carbocycles. The predicted octanol–water partition coefficient (Wildman–Crippen LogP) is 4.33. The Morgan fingerprint density at radius 3 is 2.62 bits per heavy atom. The van der Waals surface area contributed by atoms with Crippen molar-refractivity contribution in [2.75, 3.05) is 0 Å². The molecule has 0 saturated carbocycles. The molecule has 5 nitrogen and oxygen atoms in total. The van der Waals surface area contributed by atoms with Gasteiger partial charge < -0.3 is 9.26 Å². The molecule has 24 heavy (non-hydrogen) atoms. The van der Waals surface area contributed by atoms with E-state index in [4.69, 9.17) is 32.5 Å². The summed E-state index contributed by atoms with van der Waals surface area (Å²) in [6, 6.07) is 14.1. The van der Waals surface area contributed by atoms with Crippen molar-refractivity contribution in [2.45, 2.75) is 13.0 Å². The van der Waals surface area contributed by atoms with E-state index in [2.05, 4.69) is 10.1 Å². The lowest BCUT2D eigenvalue weighted by Crippen LogP contribution is -2.08. The highest BCUT2D eigenvalue weighted by Gasteiger charge is 2.12. The Hall–Kier alpha value is -2.37. The van der Waals surface area contributed by atoms with E-state index in [0.717, 1.165) is 11.1 Å². The van der Waals surface area contributed by atoms with Gasteiger partial charge in [-0.25, -0.2) is 0 Å². The summed E-state index contributed by atoms with van der Waals surface area (Å²) in [6.45, 7) is -0.0833. The fourth-order valence-electron chi connectivity index (χ4n) is 2.02. The molecule has 3 rings (SSSR count). The normalized spacial score (nSPS) is 10.6. The maximum atomic E-state index is 11.8. The lowest BCUT2D eigenvalue weighted by atomic mass is 10.2. The van der Waals surface area contributed by atoms with Crippen LogP contribution >= 0.6 is 23.2 Å². The number of carbonyl (C=O) groups is 1. The minimum atomic E-state index is -0.389. The van der Waals surface area contributed by atoms with E-state index in [1.165, 1.54) is 0 Å². The predicted molar refractivity (Wildman–Crippen MR) is 89.7 cm³/mol. The Bertz CT molecular complexity index is 847. The van der Waals surface area contributed by atoms with Gasteiger partial charge in [-0.3, -0.25) is 4.79 Å². The molecule has 1 aromatic heterocycles. The number of hydrogen-bond donors (Lipinski definition) is 0.